The zero-order valence-electron chi connectivity index (χ0n) is 22.1. The minimum atomic E-state index is -0.0377. The molecule has 1 amide bonds. The summed E-state index contributed by atoms with van der Waals surface area (Å²) in [5, 5.41) is 26.6. The van der Waals surface area contributed by atoms with Crippen molar-refractivity contribution >= 4 is 28.7 Å². The van der Waals surface area contributed by atoms with E-state index in [1.165, 1.54) is 0 Å². The third-order valence-corrected chi connectivity index (χ3v) is 6.89. The molecule has 1 fully saturated rings. The van der Waals surface area contributed by atoms with Crippen molar-refractivity contribution in [3.63, 3.8) is 0 Å². The molecule has 2 aromatic heterocycles. The van der Waals surface area contributed by atoms with Crippen LogP contribution in [0.2, 0.25) is 0 Å². The number of nitrogens with zero attached hydrogens (tertiary/aromatic N) is 6. The maximum absolute atomic E-state index is 13.2. The minimum Gasteiger partial charge on any atom is -0.496 e. The van der Waals surface area contributed by atoms with Crippen molar-refractivity contribution < 1.29 is 19.7 Å². The first-order chi connectivity index (χ1) is 18.5. The highest BCUT2D eigenvalue weighted by molar-refractivity contribution is 5.95. The zero-order chi connectivity index (χ0) is 27.1. The van der Waals surface area contributed by atoms with Gasteiger partial charge in [-0.05, 0) is 25.0 Å². The number of hydrogen-bond acceptors (Lipinski definition) is 10. The smallest absolute Gasteiger partial charge is 0.254 e. The first kappa shape index (κ1) is 27.6. The number of nitrogen functional groups attached to an aromatic ring is 1. The number of aliphatic hydroxyl groups excluding tert-OH is 2. The largest absolute Gasteiger partial charge is 0.496 e. The summed E-state index contributed by atoms with van der Waals surface area (Å²) in [6.45, 7) is 6.02. The molecule has 206 valence electrons. The molecule has 0 saturated carbocycles. The first-order valence-corrected chi connectivity index (χ1v) is 13.1. The lowest BCUT2D eigenvalue weighted by atomic mass is 10.1. The molecule has 3 aromatic rings. The van der Waals surface area contributed by atoms with Gasteiger partial charge < -0.3 is 30.9 Å². The number of rotatable bonds is 12. The molecule has 0 spiro atoms. The number of nitrogens with two attached hydrogens (primary N) is 1. The zero-order valence-corrected chi connectivity index (χ0v) is 22.1. The Morgan fingerprint density at radius 1 is 1.16 bits per heavy atom. The SMILES string of the molecule is CCCC(CCO)Nc1nc(N)nc2cnn(Cc3ccc(C(=O)N4CCN(CCO)CC4)cc3OC)c12. The highest BCUT2D eigenvalue weighted by Crippen LogP contribution is 2.27. The van der Waals surface area contributed by atoms with Gasteiger partial charge >= 0.3 is 0 Å². The van der Waals surface area contributed by atoms with Crippen LogP contribution in [0.5, 0.6) is 5.75 Å². The van der Waals surface area contributed by atoms with Gasteiger partial charge in [0.05, 0.1) is 26.5 Å². The second-order valence-corrected chi connectivity index (χ2v) is 9.49. The van der Waals surface area contributed by atoms with Gasteiger partial charge in [0.25, 0.3) is 5.91 Å². The molecular weight excluding hydrogens is 488 g/mol. The number of aromatic nitrogens is 4. The van der Waals surface area contributed by atoms with Gasteiger partial charge in [-0.25, -0.2) is 4.98 Å². The first-order valence-electron chi connectivity index (χ1n) is 13.1. The van der Waals surface area contributed by atoms with E-state index in [-0.39, 0.29) is 31.1 Å². The Labute approximate surface area is 222 Å². The Bertz CT molecular complexity index is 1220. The molecule has 1 aliphatic heterocycles. The fourth-order valence-corrected chi connectivity index (χ4v) is 4.89. The molecule has 0 bridgehead atoms. The lowest BCUT2D eigenvalue weighted by Crippen LogP contribution is -2.49. The van der Waals surface area contributed by atoms with E-state index in [1.54, 1.807) is 24.1 Å². The molecule has 38 heavy (non-hydrogen) atoms. The molecule has 1 atom stereocenters. The molecule has 3 heterocycles. The number of fused-ring (bicyclic) bond motifs is 1. The topological polar surface area (TPSA) is 155 Å². The van der Waals surface area contributed by atoms with E-state index in [1.807, 2.05) is 17.0 Å². The number of benzene rings is 1. The molecule has 12 heteroatoms. The van der Waals surface area contributed by atoms with Gasteiger partial charge in [-0.2, -0.15) is 10.1 Å². The summed E-state index contributed by atoms with van der Waals surface area (Å²) in [5.74, 6) is 1.28. The van der Waals surface area contributed by atoms with Crippen LogP contribution >= 0.6 is 0 Å². The number of anilines is 2. The Balaban J connectivity index is 1.56. The van der Waals surface area contributed by atoms with Gasteiger partial charge in [-0.15, -0.1) is 0 Å². The molecule has 1 aliphatic rings. The number of carbonyl (C=O) groups is 1. The Hall–Kier alpha value is -3.48. The van der Waals surface area contributed by atoms with Crippen LogP contribution in [0.25, 0.3) is 11.0 Å². The van der Waals surface area contributed by atoms with Crippen LogP contribution in [0.1, 0.15) is 42.1 Å². The van der Waals surface area contributed by atoms with Gasteiger partial charge in [0.1, 0.15) is 16.8 Å². The van der Waals surface area contributed by atoms with Gasteiger partial charge in [0, 0.05) is 56.5 Å². The molecule has 5 N–H and O–H groups in total. The van der Waals surface area contributed by atoms with Crippen molar-refractivity contribution in [2.24, 2.45) is 0 Å². The van der Waals surface area contributed by atoms with Gasteiger partial charge in [-0.1, -0.05) is 19.4 Å². The Morgan fingerprint density at radius 3 is 2.63 bits per heavy atom. The fraction of sp³-hybridized carbons (Fsp3) is 0.538. The second kappa shape index (κ2) is 12.9. The summed E-state index contributed by atoms with van der Waals surface area (Å²) in [6.07, 6.45) is 4.08. The quantitative estimate of drug-likeness (QED) is 0.270. The lowest BCUT2D eigenvalue weighted by Gasteiger charge is -2.34. The highest BCUT2D eigenvalue weighted by Gasteiger charge is 2.23. The van der Waals surface area contributed by atoms with Gasteiger partial charge in [-0.3, -0.25) is 14.4 Å². The monoisotopic (exact) mass is 526 g/mol. The average Bonchev–Trinajstić information content (AvgIpc) is 3.31. The van der Waals surface area contributed by atoms with Crippen molar-refractivity contribution in [1.29, 1.82) is 0 Å². The number of aliphatic hydroxyl groups is 2. The summed E-state index contributed by atoms with van der Waals surface area (Å²) in [7, 11) is 1.59. The number of ether oxygens (including phenoxy) is 1. The van der Waals surface area contributed by atoms with Crippen LogP contribution < -0.4 is 15.8 Å². The molecule has 0 radical (unpaired) electrons. The number of β-amino-alcohol motifs (C(OH)–C–C–N with tert-alkyl or cyclic N) is 1. The number of nitrogens with one attached hydrogen (secondary N) is 1. The average molecular weight is 527 g/mol. The van der Waals surface area contributed by atoms with Crippen LogP contribution in [0, 0.1) is 0 Å². The van der Waals surface area contributed by atoms with E-state index < -0.39 is 0 Å². The maximum atomic E-state index is 13.2. The van der Waals surface area contributed by atoms with Crippen molar-refractivity contribution in [1.82, 2.24) is 29.5 Å². The van der Waals surface area contributed by atoms with E-state index >= 15 is 0 Å². The van der Waals surface area contributed by atoms with Crippen LogP contribution in [-0.2, 0) is 6.54 Å². The number of hydrogen-bond donors (Lipinski definition) is 4. The Kier molecular flexibility index (Phi) is 9.32. The van der Waals surface area contributed by atoms with E-state index in [0.29, 0.717) is 60.8 Å². The van der Waals surface area contributed by atoms with Crippen LogP contribution in [0.4, 0.5) is 11.8 Å². The van der Waals surface area contributed by atoms with E-state index in [2.05, 4.69) is 32.2 Å². The maximum Gasteiger partial charge on any atom is 0.254 e. The molecule has 1 saturated heterocycles. The predicted molar refractivity (Wildman–Crippen MR) is 145 cm³/mol. The van der Waals surface area contributed by atoms with Crippen LogP contribution in [0.3, 0.4) is 0 Å². The summed E-state index contributed by atoms with van der Waals surface area (Å²) in [5.41, 5.74) is 8.71. The van der Waals surface area contributed by atoms with E-state index in [0.717, 1.165) is 31.5 Å². The summed E-state index contributed by atoms with van der Waals surface area (Å²) in [4.78, 5) is 25.9. The molecule has 4 rings (SSSR count). The van der Waals surface area contributed by atoms with Crippen molar-refractivity contribution in [3.8, 4) is 5.75 Å². The number of amides is 1. The normalized spacial score (nSPS) is 15.1. The molecule has 12 nitrogen and oxygen atoms in total. The minimum absolute atomic E-state index is 0.0377. The summed E-state index contributed by atoms with van der Waals surface area (Å²) in [6, 6.07) is 5.52. The molecule has 0 aliphatic carbocycles. The summed E-state index contributed by atoms with van der Waals surface area (Å²) >= 11 is 0. The molecule has 1 unspecified atom stereocenters. The summed E-state index contributed by atoms with van der Waals surface area (Å²) < 4.78 is 7.46. The number of carbonyl (C=O) groups excluding carboxylic acids is 1. The fourth-order valence-electron chi connectivity index (χ4n) is 4.89. The number of methoxy groups -OCH3 is 1. The van der Waals surface area contributed by atoms with Gasteiger partial charge in [0.15, 0.2) is 5.82 Å². The van der Waals surface area contributed by atoms with E-state index in [4.69, 9.17) is 15.6 Å². The molecular formula is C26H38N8O4. The second-order valence-electron chi connectivity index (χ2n) is 9.49. The Morgan fingerprint density at radius 2 is 1.95 bits per heavy atom. The third kappa shape index (κ3) is 6.32. The predicted octanol–water partition coefficient (Wildman–Crippen LogP) is 1.18. The third-order valence-electron chi connectivity index (χ3n) is 6.89. The highest BCUT2D eigenvalue weighted by atomic mass is 16.5. The van der Waals surface area contributed by atoms with Crippen LogP contribution in [0.15, 0.2) is 24.4 Å². The molecule has 1 aromatic carbocycles. The lowest BCUT2D eigenvalue weighted by molar-refractivity contribution is 0.0614. The standard InChI is InChI=1S/C26H38N8O4/c1-3-4-20(7-13-35)29-24-23-21(30-26(27)31-24)16-28-34(23)17-19-6-5-18(15-22(19)38-2)25(37)33-10-8-32(9-11-33)12-14-36/h5-6,15-16,20,35-36H,3-4,7-14,17H2,1-2H3,(H3,27,29,30,31). The van der Waals surface area contributed by atoms with Crippen molar-refractivity contribution in [3.05, 3.63) is 35.5 Å². The van der Waals surface area contributed by atoms with E-state index in [9.17, 15) is 9.90 Å². The van der Waals surface area contributed by atoms with Crippen LogP contribution in [-0.4, -0.2) is 105 Å². The van der Waals surface area contributed by atoms with Crippen molar-refractivity contribution in [2.75, 3.05) is 64.1 Å². The van der Waals surface area contributed by atoms with Gasteiger partial charge in [0.2, 0.25) is 5.95 Å². The number of piperazine rings is 1. The van der Waals surface area contributed by atoms with Crippen molar-refractivity contribution in [2.45, 2.75) is 38.8 Å².